The van der Waals surface area contributed by atoms with Crippen LogP contribution in [0.2, 0.25) is 0 Å². The second-order valence-corrected chi connectivity index (χ2v) is 10.7. The number of methoxy groups -OCH3 is 3. The summed E-state index contributed by atoms with van der Waals surface area (Å²) in [6.45, 7) is 2.96. The molecule has 0 amide bonds. The number of unbranched alkanes of at least 4 members (excludes halogenated alkanes) is 9. The Labute approximate surface area is 258 Å². The Balaban J connectivity index is 1.55. The minimum absolute atomic E-state index is 0.0933. The van der Waals surface area contributed by atoms with E-state index in [4.69, 9.17) is 18.9 Å². The molecule has 0 aliphatic rings. The molecular weight excluding hydrogens is 536 g/mol. The zero-order valence-corrected chi connectivity index (χ0v) is 26.4. The Kier molecular flexibility index (Phi) is 15.0. The van der Waals surface area contributed by atoms with Crippen molar-refractivity contribution in [3.8, 4) is 23.0 Å². The Bertz CT molecular complexity index is 1290. The van der Waals surface area contributed by atoms with Crippen LogP contribution in [-0.4, -0.2) is 33.7 Å². The van der Waals surface area contributed by atoms with Crippen LogP contribution in [0.5, 0.6) is 23.0 Å². The highest BCUT2D eigenvalue weighted by molar-refractivity contribution is 6.07. The standard InChI is InChI=1S/C38H48O5/c1-5-6-7-8-9-10-11-12-13-14-27-43-34-23-19-31(20-24-34)37(39)26-25-36-32(28-35(41-3)29-38(36)42-4)18-15-30-16-21-33(40-2)22-17-30/h15-26,28-29H,5-14,27H2,1-4H3/b18-15+,26-25+. The number of hydrogen-bond acceptors (Lipinski definition) is 5. The fourth-order valence-electron chi connectivity index (χ4n) is 4.88. The maximum absolute atomic E-state index is 13.0. The first-order valence-electron chi connectivity index (χ1n) is 15.6. The fourth-order valence-corrected chi connectivity index (χ4v) is 4.88. The Morgan fingerprint density at radius 3 is 1.84 bits per heavy atom. The molecule has 0 spiro atoms. The van der Waals surface area contributed by atoms with Gasteiger partial charge in [0.25, 0.3) is 0 Å². The van der Waals surface area contributed by atoms with Gasteiger partial charge in [-0.2, -0.15) is 0 Å². The van der Waals surface area contributed by atoms with Crippen molar-refractivity contribution in [1.29, 1.82) is 0 Å². The lowest BCUT2D eigenvalue weighted by Crippen LogP contribution is -1.99. The highest BCUT2D eigenvalue weighted by Crippen LogP contribution is 2.32. The largest absolute Gasteiger partial charge is 0.497 e. The number of allylic oxidation sites excluding steroid dienone is 1. The molecule has 5 nitrogen and oxygen atoms in total. The van der Waals surface area contributed by atoms with Gasteiger partial charge in [0.15, 0.2) is 5.78 Å². The van der Waals surface area contributed by atoms with Gasteiger partial charge >= 0.3 is 0 Å². The summed E-state index contributed by atoms with van der Waals surface area (Å²) >= 11 is 0. The molecule has 0 bridgehead atoms. The molecule has 3 aromatic carbocycles. The minimum atomic E-state index is -0.0933. The summed E-state index contributed by atoms with van der Waals surface area (Å²) in [5, 5.41) is 0. The number of hydrogen-bond donors (Lipinski definition) is 0. The zero-order valence-electron chi connectivity index (χ0n) is 26.4. The first kappa shape index (κ1) is 33.5. The molecule has 0 aromatic heterocycles. The quantitative estimate of drug-likeness (QED) is 0.0572. The van der Waals surface area contributed by atoms with Crippen LogP contribution < -0.4 is 18.9 Å². The van der Waals surface area contributed by atoms with E-state index >= 15 is 0 Å². The van der Waals surface area contributed by atoms with Crippen molar-refractivity contribution in [1.82, 2.24) is 0 Å². The van der Waals surface area contributed by atoms with Gasteiger partial charge in [-0.1, -0.05) is 89.0 Å². The Morgan fingerprint density at radius 2 is 1.23 bits per heavy atom. The van der Waals surface area contributed by atoms with Crippen LogP contribution in [0.15, 0.2) is 66.7 Å². The number of benzene rings is 3. The summed E-state index contributed by atoms with van der Waals surface area (Å²) in [6.07, 6.45) is 20.4. The Hall–Kier alpha value is -3.99. The smallest absolute Gasteiger partial charge is 0.185 e. The molecule has 5 heteroatoms. The second kappa shape index (κ2) is 19.2. The molecule has 0 saturated carbocycles. The minimum Gasteiger partial charge on any atom is -0.497 e. The van der Waals surface area contributed by atoms with E-state index in [1.807, 2.05) is 72.8 Å². The molecule has 230 valence electrons. The molecule has 43 heavy (non-hydrogen) atoms. The van der Waals surface area contributed by atoms with E-state index in [-0.39, 0.29) is 5.78 Å². The van der Waals surface area contributed by atoms with Gasteiger partial charge in [-0.15, -0.1) is 0 Å². The molecular formula is C38H48O5. The van der Waals surface area contributed by atoms with Crippen molar-refractivity contribution in [2.45, 2.75) is 71.1 Å². The zero-order chi connectivity index (χ0) is 30.7. The molecule has 3 aromatic rings. The van der Waals surface area contributed by atoms with Gasteiger partial charge in [-0.3, -0.25) is 4.79 Å². The maximum Gasteiger partial charge on any atom is 0.185 e. The van der Waals surface area contributed by atoms with E-state index in [2.05, 4.69) is 6.92 Å². The topological polar surface area (TPSA) is 54.0 Å². The molecule has 0 radical (unpaired) electrons. The molecule has 0 aliphatic heterocycles. The van der Waals surface area contributed by atoms with Gasteiger partial charge in [-0.25, -0.2) is 0 Å². The lowest BCUT2D eigenvalue weighted by molar-refractivity contribution is 0.104. The summed E-state index contributed by atoms with van der Waals surface area (Å²) in [6, 6.07) is 18.9. The van der Waals surface area contributed by atoms with Crippen LogP contribution in [0.3, 0.4) is 0 Å². The van der Waals surface area contributed by atoms with E-state index in [0.29, 0.717) is 23.7 Å². The molecule has 0 saturated heterocycles. The van der Waals surface area contributed by atoms with E-state index in [0.717, 1.165) is 34.6 Å². The van der Waals surface area contributed by atoms with Gasteiger partial charge in [0.1, 0.15) is 23.0 Å². The highest BCUT2D eigenvalue weighted by atomic mass is 16.5. The molecule has 0 unspecified atom stereocenters. The normalized spacial score (nSPS) is 11.3. The lowest BCUT2D eigenvalue weighted by atomic mass is 10.0. The molecule has 0 N–H and O–H groups in total. The fraction of sp³-hybridized carbons (Fsp3) is 0.395. The van der Waals surface area contributed by atoms with Crippen molar-refractivity contribution in [3.63, 3.8) is 0 Å². The average molecular weight is 585 g/mol. The van der Waals surface area contributed by atoms with E-state index in [9.17, 15) is 4.79 Å². The lowest BCUT2D eigenvalue weighted by Gasteiger charge is -2.12. The highest BCUT2D eigenvalue weighted by Gasteiger charge is 2.10. The SMILES string of the molecule is CCCCCCCCCCCCOc1ccc(C(=O)/C=C/c2c(/C=C/c3ccc(OC)cc3)cc(OC)cc2OC)cc1. The van der Waals surface area contributed by atoms with Crippen molar-refractivity contribution in [2.75, 3.05) is 27.9 Å². The first-order valence-corrected chi connectivity index (χ1v) is 15.6. The number of ether oxygens (including phenoxy) is 4. The summed E-state index contributed by atoms with van der Waals surface area (Å²) in [5.74, 6) is 2.79. The van der Waals surface area contributed by atoms with Crippen molar-refractivity contribution in [2.24, 2.45) is 0 Å². The van der Waals surface area contributed by atoms with E-state index in [1.165, 1.54) is 57.8 Å². The van der Waals surface area contributed by atoms with E-state index < -0.39 is 0 Å². The third kappa shape index (κ3) is 11.7. The van der Waals surface area contributed by atoms with E-state index in [1.54, 1.807) is 33.5 Å². The van der Waals surface area contributed by atoms with Crippen molar-refractivity contribution >= 4 is 24.0 Å². The number of rotatable bonds is 20. The van der Waals surface area contributed by atoms with Crippen LogP contribution >= 0.6 is 0 Å². The number of carbonyl (C=O) groups excluding carboxylic acids is 1. The van der Waals surface area contributed by atoms with Crippen LogP contribution in [0, 0.1) is 0 Å². The molecule has 3 rings (SSSR count). The van der Waals surface area contributed by atoms with Gasteiger partial charge < -0.3 is 18.9 Å². The molecule has 0 fully saturated rings. The number of ketones is 1. The molecule has 0 aliphatic carbocycles. The van der Waals surface area contributed by atoms with Gasteiger partial charge in [-0.05, 0) is 72.2 Å². The summed E-state index contributed by atoms with van der Waals surface area (Å²) in [5.41, 5.74) is 3.28. The van der Waals surface area contributed by atoms with Crippen LogP contribution in [0.1, 0.15) is 98.2 Å². The van der Waals surface area contributed by atoms with Crippen LogP contribution in [-0.2, 0) is 0 Å². The number of carbonyl (C=O) groups is 1. The van der Waals surface area contributed by atoms with Crippen molar-refractivity contribution < 1.29 is 23.7 Å². The third-order valence-corrected chi connectivity index (χ3v) is 7.48. The maximum atomic E-state index is 13.0. The summed E-state index contributed by atoms with van der Waals surface area (Å²) in [7, 11) is 4.88. The van der Waals surface area contributed by atoms with Gasteiger partial charge in [0.2, 0.25) is 0 Å². The Morgan fingerprint density at radius 1 is 0.628 bits per heavy atom. The second-order valence-electron chi connectivity index (χ2n) is 10.7. The summed E-state index contributed by atoms with van der Waals surface area (Å²) in [4.78, 5) is 13.0. The predicted octanol–water partition coefficient (Wildman–Crippen LogP) is 10.1. The third-order valence-electron chi connectivity index (χ3n) is 7.48. The monoisotopic (exact) mass is 584 g/mol. The van der Waals surface area contributed by atoms with Crippen LogP contribution in [0.4, 0.5) is 0 Å². The summed E-state index contributed by atoms with van der Waals surface area (Å²) < 4.78 is 22.3. The van der Waals surface area contributed by atoms with Gasteiger partial charge in [0, 0.05) is 17.2 Å². The molecule has 0 atom stereocenters. The van der Waals surface area contributed by atoms with Gasteiger partial charge in [0.05, 0.1) is 27.9 Å². The predicted molar refractivity (Wildman–Crippen MR) is 179 cm³/mol. The average Bonchev–Trinajstić information content (AvgIpc) is 3.05. The first-order chi connectivity index (χ1) is 21.1. The van der Waals surface area contributed by atoms with Crippen LogP contribution in [0.25, 0.3) is 18.2 Å². The molecule has 0 heterocycles. The van der Waals surface area contributed by atoms with Crippen molar-refractivity contribution in [3.05, 3.63) is 89.0 Å².